The van der Waals surface area contributed by atoms with E-state index in [1.807, 2.05) is 29.9 Å². The third-order valence-corrected chi connectivity index (χ3v) is 7.22. The summed E-state index contributed by atoms with van der Waals surface area (Å²) in [7, 11) is 1.99. The minimum atomic E-state index is -0.176. The van der Waals surface area contributed by atoms with Crippen LogP contribution in [-0.4, -0.2) is 82.8 Å². The van der Waals surface area contributed by atoms with Gasteiger partial charge in [-0.25, -0.2) is 5.01 Å². The van der Waals surface area contributed by atoms with Crippen molar-refractivity contribution in [1.29, 1.82) is 0 Å². The van der Waals surface area contributed by atoms with E-state index in [0.717, 1.165) is 62.7 Å². The fraction of sp³-hybridized carbons (Fsp3) is 0.519. The van der Waals surface area contributed by atoms with Gasteiger partial charge in [-0.15, -0.1) is 0 Å². The van der Waals surface area contributed by atoms with Crippen LogP contribution in [0.1, 0.15) is 42.1 Å². The van der Waals surface area contributed by atoms with Gasteiger partial charge in [-0.2, -0.15) is 5.10 Å². The van der Waals surface area contributed by atoms with Crippen molar-refractivity contribution >= 4 is 17.5 Å². The number of hydrogen-bond donors (Lipinski definition) is 0. The number of rotatable bonds is 8. The molecule has 3 heterocycles. The molecule has 0 spiro atoms. The Bertz CT molecular complexity index is 1080. The number of nitrogens with zero attached hydrogens (tertiary/aromatic N) is 5. The topological polar surface area (TPSA) is 70.4 Å². The smallest absolute Gasteiger partial charge is 0.262 e. The first-order valence-electron chi connectivity index (χ1n) is 12.7. The summed E-state index contributed by atoms with van der Waals surface area (Å²) in [6.07, 6.45) is 4.49. The molecule has 2 aliphatic heterocycles. The summed E-state index contributed by atoms with van der Waals surface area (Å²) in [5, 5.41) is 6.43. The van der Waals surface area contributed by atoms with Crippen LogP contribution in [0.5, 0.6) is 0 Å². The molecule has 1 saturated heterocycles. The second-order valence-corrected chi connectivity index (χ2v) is 9.91. The lowest BCUT2D eigenvalue weighted by atomic mass is 9.99. The van der Waals surface area contributed by atoms with Crippen LogP contribution in [-0.2, 0) is 21.4 Å². The highest BCUT2D eigenvalue weighted by molar-refractivity contribution is 6.02. The molecule has 35 heavy (non-hydrogen) atoms. The quantitative estimate of drug-likeness (QED) is 0.586. The SMILES string of the molecule is Cc1ccc([C@H]2CC(c3cccn3C)=NN2C(=O)CN(CCN2CCOCC2)C(=O)C2CC2)cc1. The van der Waals surface area contributed by atoms with Crippen LogP contribution in [0.25, 0.3) is 0 Å². The van der Waals surface area contributed by atoms with Crippen molar-refractivity contribution in [3.05, 3.63) is 59.4 Å². The number of carbonyl (C=O) groups excluding carboxylic acids is 2. The number of benzene rings is 1. The van der Waals surface area contributed by atoms with E-state index >= 15 is 0 Å². The average molecular weight is 478 g/mol. The molecule has 2 aromatic rings. The van der Waals surface area contributed by atoms with Crippen molar-refractivity contribution < 1.29 is 14.3 Å². The summed E-state index contributed by atoms with van der Waals surface area (Å²) in [5.41, 5.74) is 4.14. The van der Waals surface area contributed by atoms with Gasteiger partial charge in [-0.3, -0.25) is 14.5 Å². The lowest BCUT2D eigenvalue weighted by Crippen LogP contribution is -2.47. The maximum absolute atomic E-state index is 13.7. The molecule has 0 N–H and O–H groups in total. The van der Waals surface area contributed by atoms with Gasteiger partial charge in [0.2, 0.25) is 5.91 Å². The zero-order valence-electron chi connectivity index (χ0n) is 20.7. The van der Waals surface area contributed by atoms with Gasteiger partial charge in [0.05, 0.1) is 30.7 Å². The first-order chi connectivity index (χ1) is 17.0. The Kier molecular flexibility index (Phi) is 7.02. The van der Waals surface area contributed by atoms with Crippen molar-refractivity contribution in [3.63, 3.8) is 0 Å². The Balaban J connectivity index is 1.35. The van der Waals surface area contributed by atoms with Crippen LogP contribution in [0.2, 0.25) is 0 Å². The highest BCUT2D eigenvalue weighted by Gasteiger charge is 2.38. The first-order valence-corrected chi connectivity index (χ1v) is 12.7. The van der Waals surface area contributed by atoms with E-state index in [1.54, 1.807) is 9.91 Å². The molecule has 1 atom stereocenters. The molecule has 3 aliphatic rings. The number of hydrogen-bond acceptors (Lipinski definition) is 5. The van der Waals surface area contributed by atoms with Crippen LogP contribution in [0.15, 0.2) is 47.7 Å². The number of ether oxygens (including phenoxy) is 1. The Morgan fingerprint density at radius 3 is 2.51 bits per heavy atom. The lowest BCUT2D eigenvalue weighted by Gasteiger charge is -2.31. The number of aryl methyl sites for hydroxylation is 2. The number of hydrazone groups is 1. The standard InChI is InChI=1S/C27H35N5O3/c1-20-5-7-21(8-6-20)25-18-23(24-4-3-11-29(24)2)28-32(25)26(33)19-31(27(34)22-9-10-22)13-12-30-14-16-35-17-15-30/h3-8,11,22,25H,9-10,12-19H2,1-2H3/t25-/m1/s1. The summed E-state index contributed by atoms with van der Waals surface area (Å²) in [6.45, 7) is 6.61. The van der Waals surface area contributed by atoms with Crippen LogP contribution >= 0.6 is 0 Å². The van der Waals surface area contributed by atoms with Crippen molar-refractivity contribution in [2.45, 2.75) is 32.2 Å². The number of amides is 2. The predicted octanol–water partition coefficient (Wildman–Crippen LogP) is 2.58. The van der Waals surface area contributed by atoms with Gasteiger partial charge in [-0.1, -0.05) is 29.8 Å². The van der Waals surface area contributed by atoms with Gasteiger partial charge in [0.15, 0.2) is 0 Å². The number of carbonyl (C=O) groups is 2. The van der Waals surface area contributed by atoms with E-state index < -0.39 is 0 Å². The second kappa shape index (κ2) is 10.3. The maximum atomic E-state index is 13.7. The maximum Gasteiger partial charge on any atom is 0.262 e. The number of aromatic nitrogens is 1. The molecule has 1 aromatic carbocycles. The highest BCUT2D eigenvalue weighted by Crippen LogP contribution is 2.34. The van der Waals surface area contributed by atoms with Crippen LogP contribution in [0.3, 0.4) is 0 Å². The van der Waals surface area contributed by atoms with Gasteiger partial charge >= 0.3 is 0 Å². The van der Waals surface area contributed by atoms with E-state index in [-0.39, 0.29) is 30.3 Å². The average Bonchev–Trinajstić information content (AvgIpc) is 3.49. The molecule has 8 heteroatoms. The normalized spacial score (nSPS) is 20.7. The molecule has 5 rings (SSSR count). The van der Waals surface area contributed by atoms with Gasteiger partial charge in [0.25, 0.3) is 5.91 Å². The molecule has 0 bridgehead atoms. The monoisotopic (exact) mass is 477 g/mol. The van der Waals surface area contributed by atoms with Gasteiger partial charge in [0.1, 0.15) is 6.54 Å². The van der Waals surface area contributed by atoms with E-state index in [0.29, 0.717) is 13.0 Å². The molecule has 1 aliphatic carbocycles. The summed E-state index contributed by atoms with van der Waals surface area (Å²) in [5.74, 6) is 0.0430. The molecular weight excluding hydrogens is 442 g/mol. The zero-order chi connectivity index (χ0) is 24.4. The Morgan fingerprint density at radius 2 is 1.86 bits per heavy atom. The Hall–Kier alpha value is -2.97. The third-order valence-electron chi connectivity index (χ3n) is 7.22. The van der Waals surface area contributed by atoms with Gasteiger partial charge < -0.3 is 14.2 Å². The summed E-state index contributed by atoms with van der Waals surface area (Å²) < 4.78 is 7.48. The number of morpholine rings is 1. The minimum Gasteiger partial charge on any atom is -0.379 e. The van der Waals surface area contributed by atoms with Crippen molar-refractivity contribution in [2.75, 3.05) is 45.9 Å². The van der Waals surface area contributed by atoms with E-state index in [1.165, 1.54) is 5.56 Å². The van der Waals surface area contributed by atoms with Gasteiger partial charge in [-0.05, 0) is 37.5 Å². The predicted molar refractivity (Wildman–Crippen MR) is 134 cm³/mol. The second-order valence-electron chi connectivity index (χ2n) is 9.91. The largest absolute Gasteiger partial charge is 0.379 e. The summed E-state index contributed by atoms with van der Waals surface area (Å²) in [4.78, 5) is 30.8. The third kappa shape index (κ3) is 5.49. The van der Waals surface area contributed by atoms with Crippen LogP contribution in [0, 0.1) is 12.8 Å². The molecule has 186 valence electrons. The molecular formula is C27H35N5O3. The molecule has 8 nitrogen and oxygen atoms in total. The zero-order valence-corrected chi connectivity index (χ0v) is 20.7. The van der Waals surface area contributed by atoms with E-state index in [4.69, 9.17) is 9.84 Å². The Labute approximate surface area is 207 Å². The molecule has 2 fully saturated rings. The highest BCUT2D eigenvalue weighted by atomic mass is 16.5. The van der Waals surface area contributed by atoms with E-state index in [2.05, 4.69) is 36.1 Å². The van der Waals surface area contributed by atoms with Crippen LogP contribution < -0.4 is 0 Å². The van der Waals surface area contributed by atoms with Crippen LogP contribution in [0.4, 0.5) is 0 Å². The Morgan fingerprint density at radius 1 is 1.11 bits per heavy atom. The molecule has 0 unspecified atom stereocenters. The molecule has 1 saturated carbocycles. The van der Waals surface area contributed by atoms with E-state index in [9.17, 15) is 9.59 Å². The molecule has 2 amide bonds. The molecule has 1 aromatic heterocycles. The van der Waals surface area contributed by atoms with Crippen molar-refractivity contribution in [3.8, 4) is 0 Å². The minimum absolute atomic E-state index is 0.0615. The van der Waals surface area contributed by atoms with Crippen molar-refractivity contribution in [2.24, 2.45) is 18.1 Å². The lowest BCUT2D eigenvalue weighted by molar-refractivity contribution is -0.142. The fourth-order valence-electron chi connectivity index (χ4n) is 4.88. The summed E-state index contributed by atoms with van der Waals surface area (Å²) >= 11 is 0. The summed E-state index contributed by atoms with van der Waals surface area (Å²) in [6, 6.07) is 12.2. The first kappa shape index (κ1) is 23.8. The van der Waals surface area contributed by atoms with Gasteiger partial charge in [0, 0.05) is 51.8 Å². The molecule has 0 radical (unpaired) electrons. The fourth-order valence-corrected chi connectivity index (χ4v) is 4.88. The van der Waals surface area contributed by atoms with Crippen molar-refractivity contribution in [1.82, 2.24) is 19.4 Å².